The van der Waals surface area contributed by atoms with Gasteiger partial charge in [0.1, 0.15) is 0 Å². The molecule has 0 heterocycles. The van der Waals surface area contributed by atoms with Gasteiger partial charge in [0.2, 0.25) is 0 Å². The Bertz CT molecular complexity index is 367. The van der Waals surface area contributed by atoms with E-state index in [1.807, 2.05) is 12.1 Å². The molecule has 1 aliphatic carbocycles. The van der Waals surface area contributed by atoms with Crippen molar-refractivity contribution in [1.29, 1.82) is 0 Å². The second kappa shape index (κ2) is 3.10. The summed E-state index contributed by atoms with van der Waals surface area (Å²) in [5.74, 6) is -0.779. The molecule has 1 saturated carbocycles. The Morgan fingerprint density at radius 3 is 2.50 bits per heavy atom. The minimum Gasteiger partial charge on any atom is -0.481 e. The standard InChI is InChI=1S/C11H12O3/c12-7-8-3-1-2-4-9(8)11(5-6-11)10(13)14/h1-4,12H,5-7H2,(H,13,14). The van der Waals surface area contributed by atoms with Crippen molar-refractivity contribution in [2.75, 3.05) is 0 Å². The van der Waals surface area contributed by atoms with Crippen LogP contribution in [0.4, 0.5) is 0 Å². The van der Waals surface area contributed by atoms with Crippen molar-refractivity contribution in [2.24, 2.45) is 0 Å². The van der Waals surface area contributed by atoms with E-state index >= 15 is 0 Å². The number of hydrogen-bond acceptors (Lipinski definition) is 2. The van der Waals surface area contributed by atoms with Crippen LogP contribution in [0.3, 0.4) is 0 Å². The van der Waals surface area contributed by atoms with E-state index in [-0.39, 0.29) is 6.61 Å². The van der Waals surface area contributed by atoms with Gasteiger partial charge in [-0.2, -0.15) is 0 Å². The number of hydrogen-bond donors (Lipinski definition) is 2. The van der Waals surface area contributed by atoms with Gasteiger partial charge < -0.3 is 10.2 Å². The Kier molecular flexibility index (Phi) is 2.04. The van der Waals surface area contributed by atoms with Crippen LogP contribution in [-0.2, 0) is 16.8 Å². The largest absolute Gasteiger partial charge is 0.481 e. The molecule has 3 nitrogen and oxygen atoms in total. The van der Waals surface area contributed by atoms with Crippen LogP contribution in [0.1, 0.15) is 24.0 Å². The number of carboxylic acid groups (broad SMARTS) is 1. The molecule has 1 aromatic carbocycles. The molecular weight excluding hydrogens is 180 g/mol. The maximum absolute atomic E-state index is 11.1. The van der Waals surface area contributed by atoms with Gasteiger partial charge in [-0.1, -0.05) is 24.3 Å². The molecule has 14 heavy (non-hydrogen) atoms. The highest BCUT2D eigenvalue weighted by atomic mass is 16.4. The smallest absolute Gasteiger partial charge is 0.314 e. The summed E-state index contributed by atoms with van der Waals surface area (Å²) in [4.78, 5) is 11.1. The quantitative estimate of drug-likeness (QED) is 0.758. The van der Waals surface area contributed by atoms with E-state index < -0.39 is 11.4 Å². The summed E-state index contributed by atoms with van der Waals surface area (Å²) < 4.78 is 0. The lowest BCUT2D eigenvalue weighted by Gasteiger charge is -2.13. The van der Waals surface area contributed by atoms with Crippen molar-refractivity contribution in [3.05, 3.63) is 35.4 Å². The molecule has 3 heteroatoms. The molecule has 0 amide bonds. The van der Waals surface area contributed by atoms with E-state index in [2.05, 4.69) is 0 Å². The van der Waals surface area contributed by atoms with Crippen LogP contribution in [0.15, 0.2) is 24.3 Å². The summed E-state index contributed by atoms with van der Waals surface area (Å²) in [6.45, 7) is -0.0921. The first-order valence-corrected chi connectivity index (χ1v) is 4.63. The third kappa shape index (κ3) is 1.21. The van der Waals surface area contributed by atoms with Crippen molar-refractivity contribution in [1.82, 2.24) is 0 Å². The van der Waals surface area contributed by atoms with Crippen LogP contribution in [0.2, 0.25) is 0 Å². The molecule has 0 aliphatic heterocycles. The van der Waals surface area contributed by atoms with Gasteiger partial charge in [-0.3, -0.25) is 4.79 Å². The molecule has 0 saturated heterocycles. The summed E-state index contributed by atoms with van der Waals surface area (Å²) in [7, 11) is 0. The van der Waals surface area contributed by atoms with Crippen molar-refractivity contribution in [3.63, 3.8) is 0 Å². The summed E-state index contributed by atoms with van der Waals surface area (Å²) in [6.07, 6.45) is 1.36. The third-order valence-corrected chi connectivity index (χ3v) is 2.86. The highest BCUT2D eigenvalue weighted by Crippen LogP contribution is 2.49. The monoisotopic (exact) mass is 192 g/mol. The molecule has 0 unspecified atom stereocenters. The topological polar surface area (TPSA) is 57.5 Å². The molecule has 0 bridgehead atoms. The van der Waals surface area contributed by atoms with Gasteiger partial charge in [0.05, 0.1) is 12.0 Å². The van der Waals surface area contributed by atoms with E-state index in [0.29, 0.717) is 12.8 Å². The van der Waals surface area contributed by atoms with Crippen molar-refractivity contribution < 1.29 is 15.0 Å². The van der Waals surface area contributed by atoms with Gasteiger partial charge in [-0.15, -0.1) is 0 Å². The van der Waals surface area contributed by atoms with Crippen molar-refractivity contribution >= 4 is 5.97 Å². The molecule has 1 fully saturated rings. The second-order valence-electron chi connectivity index (χ2n) is 3.70. The SMILES string of the molecule is O=C(O)C1(c2ccccc2CO)CC1. The predicted molar refractivity (Wildman–Crippen MR) is 50.9 cm³/mol. The molecule has 1 aliphatic rings. The first kappa shape index (κ1) is 9.21. The van der Waals surface area contributed by atoms with E-state index in [9.17, 15) is 4.79 Å². The van der Waals surface area contributed by atoms with Crippen molar-refractivity contribution in [2.45, 2.75) is 24.9 Å². The number of carboxylic acids is 1. The Labute approximate surface area is 82.0 Å². The van der Waals surface area contributed by atoms with Crippen LogP contribution in [-0.4, -0.2) is 16.2 Å². The fourth-order valence-corrected chi connectivity index (χ4v) is 1.85. The first-order valence-electron chi connectivity index (χ1n) is 4.63. The van der Waals surface area contributed by atoms with Crippen LogP contribution >= 0.6 is 0 Å². The highest BCUT2D eigenvalue weighted by molar-refractivity contribution is 5.85. The Hall–Kier alpha value is -1.35. The number of aliphatic carboxylic acids is 1. The molecule has 74 valence electrons. The molecule has 1 aromatic rings. The summed E-state index contributed by atoms with van der Waals surface area (Å²) in [5.41, 5.74) is 0.793. The van der Waals surface area contributed by atoms with Gasteiger partial charge in [-0.25, -0.2) is 0 Å². The zero-order valence-corrected chi connectivity index (χ0v) is 7.73. The lowest BCUT2D eigenvalue weighted by Crippen LogP contribution is -2.21. The zero-order valence-electron chi connectivity index (χ0n) is 7.73. The molecule has 0 atom stereocenters. The van der Waals surface area contributed by atoms with Gasteiger partial charge >= 0.3 is 5.97 Å². The Morgan fingerprint density at radius 1 is 1.36 bits per heavy atom. The lowest BCUT2D eigenvalue weighted by atomic mass is 9.92. The Balaban J connectivity index is 2.46. The fourth-order valence-electron chi connectivity index (χ4n) is 1.85. The van der Waals surface area contributed by atoms with E-state index in [1.54, 1.807) is 12.1 Å². The molecule has 0 aromatic heterocycles. The van der Waals surface area contributed by atoms with E-state index in [4.69, 9.17) is 10.2 Å². The highest BCUT2D eigenvalue weighted by Gasteiger charge is 2.52. The van der Waals surface area contributed by atoms with Crippen LogP contribution in [0.25, 0.3) is 0 Å². The molecule has 0 spiro atoms. The summed E-state index contributed by atoms with van der Waals surface area (Å²) in [6, 6.07) is 7.20. The van der Waals surface area contributed by atoms with Crippen LogP contribution in [0, 0.1) is 0 Å². The van der Waals surface area contributed by atoms with Crippen LogP contribution in [0.5, 0.6) is 0 Å². The second-order valence-corrected chi connectivity index (χ2v) is 3.70. The van der Waals surface area contributed by atoms with E-state index in [0.717, 1.165) is 11.1 Å². The van der Waals surface area contributed by atoms with Gasteiger partial charge in [0.25, 0.3) is 0 Å². The summed E-state index contributed by atoms with van der Waals surface area (Å²) in [5, 5.41) is 18.2. The lowest BCUT2D eigenvalue weighted by molar-refractivity contribution is -0.140. The van der Waals surface area contributed by atoms with E-state index in [1.165, 1.54) is 0 Å². The average molecular weight is 192 g/mol. The number of rotatable bonds is 3. The first-order chi connectivity index (χ1) is 6.70. The minimum atomic E-state index is -0.779. The third-order valence-electron chi connectivity index (χ3n) is 2.86. The molecule has 2 N–H and O–H groups in total. The Morgan fingerprint density at radius 2 is 2.00 bits per heavy atom. The minimum absolute atomic E-state index is 0.0921. The normalized spacial score (nSPS) is 17.8. The fraction of sp³-hybridized carbons (Fsp3) is 0.364. The number of aliphatic hydroxyl groups is 1. The molecule has 0 radical (unpaired) electrons. The maximum Gasteiger partial charge on any atom is 0.314 e. The predicted octanol–water partition coefficient (Wildman–Crippen LogP) is 1.30. The van der Waals surface area contributed by atoms with Gasteiger partial charge in [0, 0.05) is 0 Å². The molecular formula is C11H12O3. The zero-order chi connectivity index (χ0) is 10.2. The summed E-state index contributed by atoms with van der Waals surface area (Å²) >= 11 is 0. The van der Waals surface area contributed by atoms with Gasteiger partial charge in [-0.05, 0) is 24.0 Å². The molecule has 2 rings (SSSR count). The van der Waals surface area contributed by atoms with Crippen LogP contribution < -0.4 is 0 Å². The number of benzene rings is 1. The van der Waals surface area contributed by atoms with Gasteiger partial charge in [0.15, 0.2) is 0 Å². The van der Waals surface area contributed by atoms with Crippen molar-refractivity contribution in [3.8, 4) is 0 Å². The number of carbonyl (C=O) groups is 1. The average Bonchev–Trinajstić information content (AvgIpc) is 2.98. The maximum atomic E-state index is 11.1. The number of aliphatic hydroxyl groups excluding tert-OH is 1.